The SMILES string of the molecule is COC(=O)/C=C/c1ccc(C(OC)=C2C3CC4CC(C3)CC2C4)c(Cl)c1OCc1ccc(NC(=O)[C@H](CCC(N)O)NC(=O)OCC2c3ccccc3-c3ccccc32)cc1. The lowest BCUT2D eigenvalue weighted by molar-refractivity contribution is -0.134. The summed E-state index contributed by atoms with van der Waals surface area (Å²) in [5, 5.41) is 15.7. The van der Waals surface area contributed by atoms with Crippen LogP contribution < -0.4 is 21.1 Å². The van der Waals surface area contributed by atoms with Gasteiger partial charge in [0, 0.05) is 28.8 Å². The molecule has 5 aliphatic rings. The molecule has 1 unspecified atom stereocenters. The van der Waals surface area contributed by atoms with Crippen molar-refractivity contribution in [2.75, 3.05) is 26.1 Å². The summed E-state index contributed by atoms with van der Waals surface area (Å²) < 4.78 is 23.1. The van der Waals surface area contributed by atoms with E-state index in [0.717, 1.165) is 51.0 Å². The minimum atomic E-state index is -1.17. The van der Waals surface area contributed by atoms with Gasteiger partial charge in [-0.1, -0.05) is 78.3 Å². The van der Waals surface area contributed by atoms with Crippen molar-refractivity contribution in [1.29, 1.82) is 0 Å². The zero-order valence-electron chi connectivity index (χ0n) is 34.4. The topological polar surface area (TPSA) is 158 Å². The van der Waals surface area contributed by atoms with Gasteiger partial charge in [-0.05, 0) is 126 Å². The lowest BCUT2D eigenvalue weighted by Gasteiger charge is -2.51. The summed E-state index contributed by atoms with van der Waals surface area (Å²) in [5.74, 6) is 2.65. The molecule has 0 heterocycles. The molecule has 0 radical (unpaired) electrons. The van der Waals surface area contributed by atoms with Crippen LogP contribution in [-0.2, 0) is 30.4 Å². The maximum absolute atomic E-state index is 13.6. The number of fused-ring (bicyclic) bond motifs is 3. The molecule has 2 atom stereocenters. The zero-order chi connectivity index (χ0) is 42.6. The van der Waals surface area contributed by atoms with Crippen LogP contribution in [0, 0.1) is 23.7 Å². The van der Waals surface area contributed by atoms with Gasteiger partial charge < -0.3 is 40.4 Å². The maximum atomic E-state index is 13.6. The number of nitrogens with two attached hydrogens (primary N) is 1. The third-order valence-corrected chi connectivity index (χ3v) is 13.1. The Balaban J connectivity index is 0.939. The van der Waals surface area contributed by atoms with Gasteiger partial charge in [0.05, 0.1) is 19.2 Å². The second-order valence-corrected chi connectivity index (χ2v) is 17.0. The van der Waals surface area contributed by atoms with Gasteiger partial charge in [0.2, 0.25) is 5.91 Å². The van der Waals surface area contributed by atoms with Crippen LogP contribution in [0.5, 0.6) is 5.75 Å². The Kier molecular flexibility index (Phi) is 12.8. The highest BCUT2D eigenvalue weighted by atomic mass is 35.5. The summed E-state index contributed by atoms with van der Waals surface area (Å²) in [4.78, 5) is 38.8. The quantitative estimate of drug-likeness (QED) is 0.0397. The second kappa shape index (κ2) is 18.6. The van der Waals surface area contributed by atoms with Crippen molar-refractivity contribution >= 4 is 47.1 Å². The summed E-state index contributed by atoms with van der Waals surface area (Å²) in [6.07, 6.45) is 7.30. The number of alkyl carbamates (subject to hydrolysis) is 1. The Hall–Kier alpha value is -5.62. The summed E-state index contributed by atoms with van der Waals surface area (Å²) in [6, 6.07) is 25.9. The highest BCUT2D eigenvalue weighted by Gasteiger charge is 2.47. The van der Waals surface area contributed by atoms with E-state index in [9.17, 15) is 19.5 Å². The van der Waals surface area contributed by atoms with Gasteiger partial charge in [-0.25, -0.2) is 9.59 Å². The molecule has 0 aliphatic heterocycles. The van der Waals surface area contributed by atoms with E-state index in [1.54, 1.807) is 25.3 Å². The van der Waals surface area contributed by atoms with E-state index in [1.165, 1.54) is 50.9 Å². The van der Waals surface area contributed by atoms with Crippen molar-refractivity contribution in [2.45, 2.75) is 69.7 Å². The first-order valence-electron chi connectivity index (χ1n) is 21.0. The molecule has 4 saturated carbocycles. The van der Waals surface area contributed by atoms with E-state index < -0.39 is 30.2 Å². The molecular formula is C49H52ClN3O8. The highest BCUT2D eigenvalue weighted by Crippen LogP contribution is 2.58. The Bertz CT molecular complexity index is 2260. The summed E-state index contributed by atoms with van der Waals surface area (Å²) in [6.45, 7) is 0.215. The number of aliphatic hydroxyl groups is 1. The monoisotopic (exact) mass is 845 g/mol. The molecule has 61 heavy (non-hydrogen) atoms. The predicted octanol–water partition coefficient (Wildman–Crippen LogP) is 8.82. The number of nitrogens with one attached hydrogen (secondary N) is 2. The van der Waals surface area contributed by atoms with Crippen molar-refractivity contribution in [3.8, 4) is 16.9 Å². The fraction of sp³-hybridized carbons (Fsp3) is 0.367. The number of allylic oxidation sites excluding steroid dienone is 1. The molecule has 2 amide bonds. The zero-order valence-corrected chi connectivity index (χ0v) is 35.2. The number of methoxy groups -OCH3 is 2. The summed E-state index contributed by atoms with van der Waals surface area (Å²) >= 11 is 7.20. The number of amides is 2. The van der Waals surface area contributed by atoms with Crippen LogP contribution in [0.15, 0.2) is 96.6 Å². The molecule has 11 nitrogen and oxygen atoms in total. The molecule has 12 heteroatoms. The molecule has 4 aromatic rings. The number of halogens is 1. The van der Waals surface area contributed by atoms with Gasteiger partial charge in [-0.15, -0.1) is 0 Å². The highest BCUT2D eigenvalue weighted by molar-refractivity contribution is 6.34. The smallest absolute Gasteiger partial charge is 0.407 e. The van der Waals surface area contributed by atoms with Gasteiger partial charge in [0.15, 0.2) is 0 Å². The van der Waals surface area contributed by atoms with Crippen LogP contribution in [0.2, 0.25) is 5.02 Å². The molecule has 0 aromatic heterocycles. The van der Waals surface area contributed by atoms with Crippen LogP contribution in [-0.4, -0.2) is 56.2 Å². The molecule has 5 aliphatic carbocycles. The number of rotatable bonds is 15. The Labute approximate surface area is 361 Å². The van der Waals surface area contributed by atoms with E-state index in [4.69, 9.17) is 36.3 Å². The lowest BCUT2D eigenvalue weighted by Crippen LogP contribution is -2.45. The summed E-state index contributed by atoms with van der Waals surface area (Å²) in [7, 11) is 3.02. The summed E-state index contributed by atoms with van der Waals surface area (Å²) in [5.41, 5.74) is 14.0. The normalized spacial score (nSPS) is 20.7. The van der Waals surface area contributed by atoms with Crippen LogP contribution in [0.4, 0.5) is 10.5 Å². The van der Waals surface area contributed by atoms with Crippen molar-refractivity contribution in [2.24, 2.45) is 29.4 Å². The average molecular weight is 846 g/mol. The lowest BCUT2D eigenvalue weighted by atomic mass is 9.54. The number of anilines is 1. The van der Waals surface area contributed by atoms with Crippen LogP contribution in [0.25, 0.3) is 23.0 Å². The number of hydrogen-bond acceptors (Lipinski definition) is 9. The number of ether oxygens (including phenoxy) is 4. The second-order valence-electron chi connectivity index (χ2n) is 16.6. The minimum absolute atomic E-state index is 0.0731. The molecule has 5 N–H and O–H groups in total. The fourth-order valence-electron chi connectivity index (χ4n) is 10.2. The third-order valence-electron chi connectivity index (χ3n) is 12.8. The number of esters is 1. The molecule has 4 bridgehead atoms. The molecule has 318 valence electrons. The third kappa shape index (κ3) is 9.20. The Morgan fingerprint density at radius 2 is 1.48 bits per heavy atom. The number of carbonyl (C=O) groups excluding carboxylic acids is 3. The Morgan fingerprint density at radius 3 is 2.08 bits per heavy atom. The largest absolute Gasteiger partial charge is 0.496 e. The number of carbonyl (C=O) groups is 3. The predicted molar refractivity (Wildman–Crippen MR) is 234 cm³/mol. The Morgan fingerprint density at radius 1 is 0.836 bits per heavy atom. The first-order valence-corrected chi connectivity index (χ1v) is 21.4. The van der Waals surface area contributed by atoms with Gasteiger partial charge >= 0.3 is 12.1 Å². The first kappa shape index (κ1) is 42.1. The van der Waals surface area contributed by atoms with E-state index in [1.807, 2.05) is 60.7 Å². The first-order chi connectivity index (χ1) is 29.6. The van der Waals surface area contributed by atoms with E-state index in [0.29, 0.717) is 33.9 Å². The van der Waals surface area contributed by atoms with Crippen molar-refractivity contribution in [3.63, 3.8) is 0 Å². The minimum Gasteiger partial charge on any atom is -0.496 e. The van der Waals surface area contributed by atoms with Gasteiger partial charge in [0.1, 0.15) is 37.0 Å². The van der Waals surface area contributed by atoms with E-state index in [2.05, 4.69) is 22.8 Å². The fourth-order valence-corrected chi connectivity index (χ4v) is 10.5. The molecule has 0 spiro atoms. The van der Waals surface area contributed by atoms with Crippen LogP contribution in [0.3, 0.4) is 0 Å². The van der Waals surface area contributed by atoms with E-state index >= 15 is 0 Å². The van der Waals surface area contributed by atoms with Gasteiger partial charge in [-0.3, -0.25) is 4.79 Å². The van der Waals surface area contributed by atoms with Crippen LogP contribution >= 0.6 is 11.6 Å². The molecule has 9 rings (SSSR count). The molecule has 4 aromatic carbocycles. The van der Waals surface area contributed by atoms with Gasteiger partial charge in [-0.2, -0.15) is 0 Å². The standard InChI is InChI=1S/C49H52ClN3O8/c1-58-43(55)20-14-31-13-17-39(47(59-2)44-32-22-29-21-30(24-32)25-33(44)23-29)45(50)46(31)60-26-28-11-15-34(16-12-28)52-48(56)41(18-19-42(51)54)53-49(57)61-27-40-37-9-5-3-7-35(37)36-8-4-6-10-38(36)40/h3-17,20,29-30,32-33,40-42,54H,18-19,21-27,51H2,1-2H3,(H,52,56)(H,53,57)/b20-14+,47-44?/t29?,30?,32?,33?,41-,42?/m0/s1. The number of aliphatic hydroxyl groups excluding tert-OH is 1. The number of hydrogen-bond donors (Lipinski definition) is 4. The maximum Gasteiger partial charge on any atom is 0.407 e. The average Bonchev–Trinajstić information content (AvgIpc) is 3.58. The molecule has 0 saturated heterocycles. The number of benzene rings is 4. The van der Waals surface area contributed by atoms with Crippen molar-refractivity contribution < 1.29 is 38.4 Å². The molecule has 4 fully saturated rings. The van der Waals surface area contributed by atoms with Crippen molar-refractivity contribution in [1.82, 2.24) is 5.32 Å². The van der Waals surface area contributed by atoms with Gasteiger partial charge in [0.25, 0.3) is 0 Å². The molecular weight excluding hydrogens is 794 g/mol. The van der Waals surface area contributed by atoms with Crippen LogP contribution in [0.1, 0.15) is 78.7 Å². The van der Waals surface area contributed by atoms with E-state index in [-0.39, 0.29) is 32.0 Å². The van der Waals surface area contributed by atoms with Crippen molar-refractivity contribution in [3.05, 3.63) is 129 Å².